The Morgan fingerprint density at radius 3 is 1.89 bits per heavy atom. The van der Waals surface area contributed by atoms with E-state index < -0.39 is 0 Å². The van der Waals surface area contributed by atoms with Crippen LogP contribution in [0, 0.1) is 0 Å². The highest BCUT2D eigenvalue weighted by atomic mass is 14.8. The summed E-state index contributed by atoms with van der Waals surface area (Å²) in [5, 5.41) is 6.88. The fourth-order valence-electron chi connectivity index (χ4n) is 5.40. The Morgan fingerprint density at radius 1 is 0.556 bits per heavy atom. The van der Waals surface area contributed by atoms with E-state index in [1.165, 1.54) is 43.8 Å². The first-order chi connectivity index (χ1) is 17.8. The maximum atomic E-state index is 4.81. The van der Waals surface area contributed by atoms with Crippen molar-refractivity contribution >= 4 is 33.7 Å². The SMILES string of the molecule is C(/c1cnc2c(/C=c3/[nH]cc4ccc5cccc3c5-4)ncc-2cn1)=c1\[nH]cc2ccc3cccc1c3-2. The van der Waals surface area contributed by atoms with Crippen LogP contribution in [0.25, 0.3) is 67.2 Å². The van der Waals surface area contributed by atoms with Gasteiger partial charge in [0, 0.05) is 51.8 Å². The Balaban J connectivity index is 1.28. The van der Waals surface area contributed by atoms with Crippen LogP contribution >= 0.6 is 0 Å². The van der Waals surface area contributed by atoms with Gasteiger partial charge in [-0.1, -0.05) is 60.7 Å². The second-order valence-electron chi connectivity index (χ2n) is 9.20. The minimum Gasteiger partial charge on any atom is -0.361 e. The first kappa shape index (κ1) is 19.3. The van der Waals surface area contributed by atoms with Crippen molar-refractivity contribution in [2.75, 3.05) is 0 Å². The molecule has 168 valence electrons. The van der Waals surface area contributed by atoms with Crippen molar-refractivity contribution in [3.05, 3.63) is 114 Å². The average molecular weight is 462 g/mol. The number of nitrogens with one attached hydrogen (secondary N) is 2. The van der Waals surface area contributed by atoms with E-state index in [1.807, 2.05) is 24.7 Å². The lowest BCUT2D eigenvalue weighted by Crippen LogP contribution is -2.09. The van der Waals surface area contributed by atoms with Crippen LogP contribution < -0.4 is 10.7 Å². The van der Waals surface area contributed by atoms with E-state index in [2.05, 4.69) is 94.1 Å². The Morgan fingerprint density at radius 2 is 1.19 bits per heavy atom. The van der Waals surface area contributed by atoms with Crippen LogP contribution in [0.2, 0.25) is 0 Å². The number of aromatic nitrogens is 5. The summed E-state index contributed by atoms with van der Waals surface area (Å²) in [5.74, 6) is 0. The van der Waals surface area contributed by atoms with Gasteiger partial charge in [-0.15, -0.1) is 0 Å². The van der Waals surface area contributed by atoms with E-state index in [-0.39, 0.29) is 0 Å². The number of aromatic amines is 2. The molecule has 5 heteroatoms. The molecule has 0 saturated carbocycles. The van der Waals surface area contributed by atoms with Crippen LogP contribution in [0.1, 0.15) is 11.4 Å². The second-order valence-corrected chi connectivity index (χ2v) is 9.20. The Kier molecular flexibility index (Phi) is 3.88. The van der Waals surface area contributed by atoms with E-state index in [1.54, 1.807) is 0 Å². The van der Waals surface area contributed by atoms with Crippen molar-refractivity contribution in [3.8, 4) is 33.5 Å². The molecule has 4 heterocycles. The summed E-state index contributed by atoms with van der Waals surface area (Å²) in [7, 11) is 0. The quantitative estimate of drug-likeness (QED) is 0.370. The molecule has 2 N–H and O–H groups in total. The predicted molar refractivity (Wildman–Crippen MR) is 144 cm³/mol. The molecule has 0 unspecified atom stereocenters. The Bertz CT molecular complexity index is 2060. The van der Waals surface area contributed by atoms with Gasteiger partial charge in [0.15, 0.2) is 0 Å². The minimum atomic E-state index is 0.781. The molecule has 0 amide bonds. The second kappa shape index (κ2) is 7.23. The number of benzene rings is 2. The predicted octanol–water partition coefficient (Wildman–Crippen LogP) is 5.24. The average Bonchev–Trinajstić information content (AvgIpc) is 3.59. The molecule has 36 heavy (non-hydrogen) atoms. The van der Waals surface area contributed by atoms with Crippen LogP contribution in [0.3, 0.4) is 0 Å². The molecule has 0 saturated heterocycles. The summed E-state index contributed by atoms with van der Waals surface area (Å²) in [6, 6.07) is 21.4. The fourth-order valence-corrected chi connectivity index (χ4v) is 5.40. The first-order valence-corrected chi connectivity index (χ1v) is 11.9. The zero-order chi connectivity index (χ0) is 23.6. The van der Waals surface area contributed by atoms with Gasteiger partial charge in [-0.3, -0.25) is 15.0 Å². The lowest BCUT2D eigenvalue weighted by Gasteiger charge is -2.06. The summed E-state index contributed by atoms with van der Waals surface area (Å²) in [4.78, 5) is 21.0. The van der Waals surface area contributed by atoms with Gasteiger partial charge in [-0.25, -0.2) is 0 Å². The van der Waals surface area contributed by atoms with Gasteiger partial charge >= 0.3 is 0 Å². The third-order valence-corrected chi connectivity index (χ3v) is 7.11. The van der Waals surface area contributed by atoms with Gasteiger partial charge < -0.3 is 9.97 Å². The molecule has 0 fully saturated rings. The first-order valence-electron chi connectivity index (χ1n) is 11.9. The highest BCUT2D eigenvalue weighted by Gasteiger charge is 2.14. The number of hydrogen-bond donors (Lipinski definition) is 2. The summed E-state index contributed by atoms with van der Waals surface area (Å²) >= 11 is 0. The highest BCUT2D eigenvalue weighted by molar-refractivity contribution is 6.00. The number of nitrogens with zero attached hydrogens (tertiary/aromatic N) is 3. The third-order valence-electron chi connectivity index (χ3n) is 7.11. The number of hydrogen-bond acceptors (Lipinski definition) is 3. The molecule has 6 aliphatic rings. The normalized spacial score (nSPS) is 13.3. The van der Waals surface area contributed by atoms with Gasteiger partial charge in [0.25, 0.3) is 0 Å². The van der Waals surface area contributed by atoms with Crippen LogP contribution in [0.15, 0.2) is 91.6 Å². The molecule has 5 nitrogen and oxygen atoms in total. The molecular formula is C31H19N5. The molecule has 2 aromatic rings. The monoisotopic (exact) mass is 461 g/mol. The van der Waals surface area contributed by atoms with Gasteiger partial charge in [0.05, 0.1) is 23.3 Å². The Hall–Kier alpha value is -5.03. The lowest BCUT2D eigenvalue weighted by molar-refractivity contribution is 1.24. The molecule has 0 aromatic heterocycles. The van der Waals surface area contributed by atoms with Crippen LogP contribution in [0.5, 0.6) is 0 Å². The van der Waals surface area contributed by atoms with Crippen molar-refractivity contribution in [1.82, 2.24) is 24.9 Å². The molecule has 8 rings (SSSR count). The molecular weight excluding hydrogens is 442 g/mol. The molecule has 0 radical (unpaired) electrons. The largest absolute Gasteiger partial charge is 0.361 e. The topological polar surface area (TPSA) is 70.2 Å². The van der Waals surface area contributed by atoms with Crippen molar-refractivity contribution in [2.24, 2.45) is 0 Å². The standard InChI is InChI=1S/C31H19N5/c1-3-18-7-9-20-13-33-26(24(5-1)29(18)20)11-23-17-36-31-22(15-32-23)16-35-28(31)12-27-25-6-2-4-19-8-10-21(14-34-27)30(19)25/h1-17,33-34H/b26-11+,27-12+. The van der Waals surface area contributed by atoms with Crippen molar-refractivity contribution in [1.29, 1.82) is 0 Å². The van der Waals surface area contributed by atoms with Crippen molar-refractivity contribution in [2.45, 2.75) is 0 Å². The molecule has 2 aliphatic carbocycles. The number of pyridine rings is 2. The van der Waals surface area contributed by atoms with Crippen LogP contribution in [-0.2, 0) is 0 Å². The van der Waals surface area contributed by atoms with E-state index >= 15 is 0 Å². The Labute approximate surface area is 205 Å². The molecule has 4 aliphatic heterocycles. The van der Waals surface area contributed by atoms with Crippen molar-refractivity contribution in [3.63, 3.8) is 0 Å². The fraction of sp³-hybridized carbons (Fsp3) is 0. The molecule has 2 aromatic carbocycles. The molecule has 0 atom stereocenters. The van der Waals surface area contributed by atoms with Crippen LogP contribution in [-0.4, -0.2) is 24.9 Å². The lowest BCUT2D eigenvalue weighted by atomic mass is 10.0. The van der Waals surface area contributed by atoms with Gasteiger partial charge in [-0.05, 0) is 45.2 Å². The van der Waals surface area contributed by atoms with Gasteiger partial charge in [0.2, 0.25) is 0 Å². The van der Waals surface area contributed by atoms with E-state index in [4.69, 9.17) is 9.97 Å². The number of H-pyrrole nitrogens is 2. The molecule has 0 spiro atoms. The molecule has 0 bridgehead atoms. The zero-order valence-electron chi connectivity index (χ0n) is 19.2. The van der Waals surface area contributed by atoms with Gasteiger partial charge in [0.1, 0.15) is 0 Å². The third kappa shape index (κ3) is 2.80. The van der Waals surface area contributed by atoms with Crippen LogP contribution in [0.4, 0.5) is 0 Å². The van der Waals surface area contributed by atoms with E-state index in [0.29, 0.717) is 0 Å². The maximum Gasteiger partial charge on any atom is 0.0991 e. The summed E-state index contributed by atoms with van der Waals surface area (Å²) in [6.07, 6.45) is 13.7. The van der Waals surface area contributed by atoms with E-state index in [0.717, 1.165) is 33.3 Å². The van der Waals surface area contributed by atoms with Gasteiger partial charge in [-0.2, -0.15) is 0 Å². The number of rotatable bonds is 2. The van der Waals surface area contributed by atoms with E-state index in [9.17, 15) is 0 Å². The van der Waals surface area contributed by atoms with Crippen molar-refractivity contribution < 1.29 is 0 Å². The summed E-state index contributed by atoms with van der Waals surface area (Å²) < 4.78 is 0. The summed E-state index contributed by atoms with van der Waals surface area (Å²) in [5.41, 5.74) is 8.29. The number of fused-ring (bicyclic) bond motifs is 1. The maximum absolute atomic E-state index is 4.81. The summed E-state index contributed by atoms with van der Waals surface area (Å²) in [6.45, 7) is 0. The highest BCUT2D eigenvalue weighted by Crippen LogP contribution is 2.33. The smallest absolute Gasteiger partial charge is 0.0991 e. The zero-order valence-corrected chi connectivity index (χ0v) is 19.2. The minimum absolute atomic E-state index is 0.781.